The molecule has 2 aromatic rings. The van der Waals surface area contributed by atoms with E-state index in [2.05, 4.69) is 5.32 Å². The van der Waals surface area contributed by atoms with E-state index in [0.29, 0.717) is 23.6 Å². The molecular formula is C22H24N2O3. The molecule has 0 fully saturated rings. The van der Waals surface area contributed by atoms with E-state index in [1.54, 1.807) is 0 Å². The smallest absolute Gasteiger partial charge is 0.277 e. The molecule has 3 rings (SSSR count). The Morgan fingerprint density at radius 2 is 1.78 bits per heavy atom. The number of likely N-dealkylation sites (N-methyl/N-ethyl adjacent to an activating group) is 1. The maximum atomic E-state index is 12.7. The predicted molar refractivity (Wildman–Crippen MR) is 106 cm³/mol. The van der Waals surface area contributed by atoms with Gasteiger partial charge >= 0.3 is 0 Å². The van der Waals surface area contributed by atoms with E-state index in [-0.39, 0.29) is 11.8 Å². The van der Waals surface area contributed by atoms with E-state index in [1.165, 1.54) is 7.05 Å². The molecule has 5 nitrogen and oxygen atoms in total. The van der Waals surface area contributed by atoms with E-state index in [1.807, 2.05) is 63.2 Å². The Morgan fingerprint density at radius 3 is 2.48 bits per heavy atom. The van der Waals surface area contributed by atoms with Crippen LogP contribution in [0.25, 0.3) is 5.57 Å². The van der Waals surface area contributed by atoms with Gasteiger partial charge in [-0.3, -0.25) is 14.5 Å². The summed E-state index contributed by atoms with van der Waals surface area (Å²) in [6.07, 6.45) is 0.914. The number of hydrogen-bond acceptors (Lipinski definition) is 4. The van der Waals surface area contributed by atoms with Gasteiger partial charge in [0.1, 0.15) is 11.4 Å². The highest BCUT2D eigenvalue weighted by atomic mass is 16.5. The lowest BCUT2D eigenvalue weighted by Gasteiger charge is -2.11. The second-order valence-electron chi connectivity index (χ2n) is 6.72. The summed E-state index contributed by atoms with van der Waals surface area (Å²) in [7, 11) is 1.50. The molecule has 2 amide bonds. The molecule has 1 aliphatic rings. The van der Waals surface area contributed by atoms with Crippen LogP contribution >= 0.6 is 0 Å². The number of carbonyl (C=O) groups excluding carboxylic acids is 2. The fourth-order valence-electron chi connectivity index (χ4n) is 2.95. The Hall–Kier alpha value is -3.08. The van der Waals surface area contributed by atoms with Gasteiger partial charge in [-0.15, -0.1) is 0 Å². The Balaban J connectivity index is 2.01. The summed E-state index contributed by atoms with van der Waals surface area (Å²) in [5.41, 5.74) is 4.34. The monoisotopic (exact) mass is 364 g/mol. The first-order valence-corrected chi connectivity index (χ1v) is 9.06. The summed E-state index contributed by atoms with van der Waals surface area (Å²) < 4.78 is 5.65. The molecule has 0 radical (unpaired) electrons. The van der Waals surface area contributed by atoms with E-state index < -0.39 is 0 Å². The zero-order valence-corrected chi connectivity index (χ0v) is 16.1. The van der Waals surface area contributed by atoms with Gasteiger partial charge in [0.25, 0.3) is 11.8 Å². The van der Waals surface area contributed by atoms with Gasteiger partial charge in [-0.2, -0.15) is 0 Å². The normalized spacial score (nSPS) is 14.1. The van der Waals surface area contributed by atoms with Gasteiger partial charge in [-0.1, -0.05) is 31.2 Å². The van der Waals surface area contributed by atoms with Crippen LogP contribution in [0, 0.1) is 13.8 Å². The Bertz CT molecular complexity index is 931. The number of anilines is 1. The summed E-state index contributed by atoms with van der Waals surface area (Å²) in [6, 6.07) is 13.2. The molecule has 5 heteroatoms. The Kier molecular flexibility index (Phi) is 5.31. The topological polar surface area (TPSA) is 58.6 Å². The van der Waals surface area contributed by atoms with Crippen LogP contribution in [0.2, 0.25) is 0 Å². The van der Waals surface area contributed by atoms with E-state index >= 15 is 0 Å². The zero-order chi connectivity index (χ0) is 19.6. The molecule has 140 valence electrons. The van der Waals surface area contributed by atoms with Crippen LogP contribution in [0.4, 0.5) is 5.69 Å². The molecule has 1 heterocycles. The molecule has 0 spiro atoms. The summed E-state index contributed by atoms with van der Waals surface area (Å²) in [5, 5.41) is 3.14. The Morgan fingerprint density at radius 1 is 1.00 bits per heavy atom. The SMILES string of the molecule is CCCOc1cccc(NC2=C(c3ccc(C)c(C)c3)C(=O)N(C)C2=O)c1. The number of imide groups is 1. The minimum atomic E-state index is -0.340. The largest absolute Gasteiger partial charge is 0.494 e. The lowest BCUT2D eigenvalue weighted by atomic mass is 9.99. The van der Waals surface area contributed by atoms with Gasteiger partial charge in [-0.25, -0.2) is 0 Å². The fraction of sp³-hybridized carbons (Fsp3) is 0.273. The van der Waals surface area contributed by atoms with Crippen molar-refractivity contribution in [3.8, 4) is 5.75 Å². The van der Waals surface area contributed by atoms with Gasteiger partial charge in [0.15, 0.2) is 0 Å². The molecular weight excluding hydrogens is 340 g/mol. The first-order valence-electron chi connectivity index (χ1n) is 9.06. The van der Waals surface area contributed by atoms with E-state index in [0.717, 1.165) is 33.8 Å². The highest BCUT2D eigenvalue weighted by Crippen LogP contribution is 2.31. The minimum Gasteiger partial charge on any atom is -0.494 e. The molecule has 1 N–H and O–H groups in total. The number of hydrogen-bond donors (Lipinski definition) is 1. The van der Waals surface area contributed by atoms with Crippen LogP contribution in [0.15, 0.2) is 48.2 Å². The standard InChI is InChI=1S/C22H24N2O3/c1-5-11-27-18-8-6-7-17(13-18)23-20-19(21(25)24(4)22(20)26)16-10-9-14(2)15(3)12-16/h6-10,12-13,23H,5,11H2,1-4H3. The van der Waals surface area contributed by atoms with Crippen LogP contribution in [-0.2, 0) is 9.59 Å². The predicted octanol–water partition coefficient (Wildman–Crippen LogP) is 3.91. The highest BCUT2D eigenvalue weighted by Gasteiger charge is 2.36. The average Bonchev–Trinajstić information content (AvgIpc) is 2.87. The second-order valence-corrected chi connectivity index (χ2v) is 6.72. The third-order valence-electron chi connectivity index (χ3n) is 4.66. The van der Waals surface area contributed by atoms with Crippen molar-refractivity contribution < 1.29 is 14.3 Å². The fourth-order valence-corrected chi connectivity index (χ4v) is 2.95. The number of rotatable bonds is 6. The van der Waals surface area contributed by atoms with Crippen molar-refractivity contribution in [1.82, 2.24) is 4.90 Å². The van der Waals surface area contributed by atoms with E-state index in [4.69, 9.17) is 4.74 Å². The van der Waals surface area contributed by atoms with Crippen LogP contribution < -0.4 is 10.1 Å². The third kappa shape index (κ3) is 3.72. The van der Waals surface area contributed by atoms with Gasteiger partial charge in [0.2, 0.25) is 0 Å². The quantitative estimate of drug-likeness (QED) is 0.790. The molecule has 0 aliphatic carbocycles. The number of nitrogens with zero attached hydrogens (tertiary/aromatic N) is 1. The molecule has 0 bridgehead atoms. The first-order chi connectivity index (χ1) is 12.9. The van der Waals surface area contributed by atoms with Gasteiger partial charge in [-0.05, 0) is 49.1 Å². The zero-order valence-electron chi connectivity index (χ0n) is 16.1. The number of ether oxygens (including phenoxy) is 1. The molecule has 2 aromatic carbocycles. The summed E-state index contributed by atoms with van der Waals surface area (Å²) >= 11 is 0. The third-order valence-corrected chi connectivity index (χ3v) is 4.66. The lowest BCUT2D eigenvalue weighted by molar-refractivity contribution is -0.135. The minimum absolute atomic E-state index is 0.290. The van der Waals surface area contributed by atoms with Crippen LogP contribution in [-0.4, -0.2) is 30.4 Å². The van der Waals surface area contributed by atoms with Gasteiger partial charge in [0.05, 0.1) is 12.2 Å². The van der Waals surface area contributed by atoms with Crippen molar-refractivity contribution in [3.05, 3.63) is 64.9 Å². The molecule has 0 saturated heterocycles. The van der Waals surface area contributed by atoms with Crippen molar-refractivity contribution in [2.24, 2.45) is 0 Å². The Labute approximate surface area is 159 Å². The van der Waals surface area contributed by atoms with Crippen molar-refractivity contribution in [1.29, 1.82) is 0 Å². The molecule has 1 aliphatic heterocycles. The second kappa shape index (κ2) is 7.66. The van der Waals surface area contributed by atoms with Crippen molar-refractivity contribution >= 4 is 23.1 Å². The van der Waals surface area contributed by atoms with Crippen molar-refractivity contribution in [2.75, 3.05) is 19.0 Å². The lowest BCUT2D eigenvalue weighted by Crippen LogP contribution is -2.27. The molecule has 0 atom stereocenters. The summed E-state index contributed by atoms with van der Waals surface area (Å²) in [5.74, 6) is 0.0811. The van der Waals surface area contributed by atoms with E-state index in [9.17, 15) is 9.59 Å². The molecule has 0 unspecified atom stereocenters. The van der Waals surface area contributed by atoms with Crippen molar-refractivity contribution in [2.45, 2.75) is 27.2 Å². The van der Waals surface area contributed by atoms with Gasteiger partial charge in [0, 0.05) is 18.8 Å². The maximum Gasteiger partial charge on any atom is 0.277 e. The van der Waals surface area contributed by atoms with Crippen LogP contribution in [0.3, 0.4) is 0 Å². The highest BCUT2D eigenvalue weighted by molar-refractivity contribution is 6.36. The molecule has 0 saturated carbocycles. The molecule has 27 heavy (non-hydrogen) atoms. The summed E-state index contributed by atoms with van der Waals surface area (Å²) in [4.78, 5) is 26.5. The maximum absolute atomic E-state index is 12.7. The number of carbonyl (C=O) groups is 2. The number of benzene rings is 2. The van der Waals surface area contributed by atoms with Crippen LogP contribution in [0.1, 0.15) is 30.0 Å². The number of aryl methyl sites for hydroxylation is 2. The average molecular weight is 364 g/mol. The molecule has 0 aromatic heterocycles. The van der Waals surface area contributed by atoms with Crippen molar-refractivity contribution in [3.63, 3.8) is 0 Å². The number of nitrogens with one attached hydrogen (secondary N) is 1. The summed E-state index contributed by atoms with van der Waals surface area (Å²) in [6.45, 7) is 6.68. The van der Waals surface area contributed by atoms with Crippen LogP contribution in [0.5, 0.6) is 5.75 Å². The first kappa shape index (κ1) is 18.7. The number of amides is 2. The van der Waals surface area contributed by atoms with Gasteiger partial charge < -0.3 is 10.1 Å².